The van der Waals surface area contributed by atoms with Crippen molar-refractivity contribution in [3.05, 3.63) is 51.7 Å². The average molecular weight is 345 g/mol. The zero-order valence-corrected chi connectivity index (χ0v) is 13.8. The maximum Gasteiger partial charge on any atom is 0.416 e. The number of hydrogen-bond donors (Lipinski definition) is 1. The Kier molecular flexibility index (Phi) is 5.94. The standard InChI is InChI=1S/C16H18F3NS2/c1-2-13-15(8-10-21-13)22-14(7-9-20)11-3-5-12(6-4-11)16(17,18)19/h3-6,8,10,14H,2,7,9,20H2,1H3. The number of aryl methyl sites for hydroxylation is 1. The second-order valence-electron chi connectivity index (χ2n) is 4.87. The number of alkyl halides is 3. The Hall–Kier alpha value is -0.980. The van der Waals surface area contributed by atoms with E-state index in [0.29, 0.717) is 6.54 Å². The highest BCUT2D eigenvalue weighted by atomic mass is 32.2. The molecular formula is C16H18F3NS2. The van der Waals surface area contributed by atoms with Crippen LogP contribution in [-0.2, 0) is 12.6 Å². The zero-order chi connectivity index (χ0) is 16.2. The van der Waals surface area contributed by atoms with E-state index in [1.54, 1.807) is 35.2 Å². The van der Waals surface area contributed by atoms with E-state index in [0.717, 1.165) is 30.5 Å². The minimum atomic E-state index is -4.29. The second-order valence-corrected chi connectivity index (χ2v) is 7.11. The Morgan fingerprint density at radius 2 is 1.86 bits per heavy atom. The van der Waals surface area contributed by atoms with E-state index >= 15 is 0 Å². The van der Waals surface area contributed by atoms with Gasteiger partial charge in [0.25, 0.3) is 0 Å². The van der Waals surface area contributed by atoms with Gasteiger partial charge in [0.15, 0.2) is 0 Å². The Morgan fingerprint density at radius 3 is 2.41 bits per heavy atom. The molecule has 0 bridgehead atoms. The first-order valence-electron chi connectivity index (χ1n) is 7.06. The van der Waals surface area contributed by atoms with Gasteiger partial charge in [-0.2, -0.15) is 13.2 Å². The van der Waals surface area contributed by atoms with Crippen LogP contribution >= 0.6 is 23.1 Å². The number of thiophene rings is 1. The SMILES string of the molecule is CCc1sccc1SC(CCN)c1ccc(C(F)(F)F)cc1. The Bertz CT molecular complexity index is 590. The molecule has 0 aliphatic rings. The Labute approximate surface area is 136 Å². The minimum Gasteiger partial charge on any atom is -0.330 e. The lowest BCUT2D eigenvalue weighted by molar-refractivity contribution is -0.137. The topological polar surface area (TPSA) is 26.0 Å². The van der Waals surface area contributed by atoms with E-state index in [1.807, 2.05) is 5.38 Å². The van der Waals surface area contributed by atoms with Crippen molar-refractivity contribution in [3.63, 3.8) is 0 Å². The molecule has 0 spiro atoms. The van der Waals surface area contributed by atoms with Crippen LogP contribution in [0.25, 0.3) is 0 Å². The molecule has 120 valence electrons. The smallest absolute Gasteiger partial charge is 0.330 e. The average Bonchev–Trinajstić information content (AvgIpc) is 2.93. The number of halogens is 3. The summed E-state index contributed by atoms with van der Waals surface area (Å²) in [6.45, 7) is 2.61. The number of nitrogens with two attached hydrogens (primary N) is 1. The van der Waals surface area contributed by atoms with Crippen molar-refractivity contribution in [1.29, 1.82) is 0 Å². The lowest BCUT2D eigenvalue weighted by Crippen LogP contribution is -2.07. The van der Waals surface area contributed by atoms with Crippen molar-refractivity contribution in [2.45, 2.75) is 36.1 Å². The molecule has 0 saturated heterocycles. The fourth-order valence-corrected chi connectivity index (χ4v) is 4.55. The number of thioether (sulfide) groups is 1. The first-order chi connectivity index (χ1) is 10.5. The lowest BCUT2D eigenvalue weighted by atomic mass is 10.1. The molecule has 22 heavy (non-hydrogen) atoms. The van der Waals surface area contributed by atoms with Gasteiger partial charge in [0, 0.05) is 15.0 Å². The molecule has 2 aromatic rings. The van der Waals surface area contributed by atoms with Crippen molar-refractivity contribution < 1.29 is 13.2 Å². The minimum absolute atomic E-state index is 0.0761. The van der Waals surface area contributed by atoms with Crippen LogP contribution in [-0.4, -0.2) is 6.54 Å². The summed E-state index contributed by atoms with van der Waals surface area (Å²) in [5.41, 5.74) is 5.95. The van der Waals surface area contributed by atoms with E-state index < -0.39 is 11.7 Å². The van der Waals surface area contributed by atoms with Crippen molar-refractivity contribution in [3.8, 4) is 0 Å². The fraction of sp³-hybridized carbons (Fsp3) is 0.375. The van der Waals surface area contributed by atoms with Crippen LogP contribution in [0.5, 0.6) is 0 Å². The van der Waals surface area contributed by atoms with E-state index in [-0.39, 0.29) is 5.25 Å². The van der Waals surface area contributed by atoms with Crippen LogP contribution in [0, 0.1) is 0 Å². The highest BCUT2D eigenvalue weighted by molar-refractivity contribution is 7.99. The molecule has 1 unspecified atom stereocenters. The molecular weight excluding hydrogens is 327 g/mol. The molecule has 1 aromatic carbocycles. The highest BCUT2D eigenvalue weighted by Gasteiger charge is 2.30. The molecule has 6 heteroatoms. The molecule has 1 aromatic heterocycles. The van der Waals surface area contributed by atoms with Crippen LogP contribution < -0.4 is 5.73 Å². The van der Waals surface area contributed by atoms with E-state index in [2.05, 4.69) is 13.0 Å². The zero-order valence-electron chi connectivity index (χ0n) is 12.2. The van der Waals surface area contributed by atoms with E-state index in [9.17, 15) is 13.2 Å². The molecule has 0 aliphatic heterocycles. The lowest BCUT2D eigenvalue weighted by Gasteiger charge is -2.17. The molecule has 1 heterocycles. The molecule has 2 rings (SSSR count). The summed E-state index contributed by atoms with van der Waals surface area (Å²) in [7, 11) is 0. The number of benzene rings is 1. The molecule has 2 N–H and O–H groups in total. The third-order valence-electron chi connectivity index (χ3n) is 3.33. The quantitative estimate of drug-likeness (QED) is 0.699. The summed E-state index contributed by atoms with van der Waals surface area (Å²) < 4.78 is 37.9. The summed E-state index contributed by atoms with van der Waals surface area (Å²) in [6.07, 6.45) is -2.60. The van der Waals surface area contributed by atoms with Gasteiger partial charge in [-0.25, -0.2) is 0 Å². The van der Waals surface area contributed by atoms with Gasteiger partial charge in [0.05, 0.1) is 5.56 Å². The van der Waals surface area contributed by atoms with Gasteiger partial charge in [0.1, 0.15) is 0 Å². The molecule has 1 atom stereocenters. The van der Waals surface area contributed by atoms with E-state index in [1.165, 1.54) is 9.77 Å². The number of rotatable bonds is 6. The molecule has 0 fully saturated rings. The van der Waals surface area contributed by atoms with Gasteiger partial charge in [-0.15, -0.1) is 23.1 Å². The van der Waals surface area contributed by atoms with Gasteiger partial charge in [-0.3, -0.25) is 0 Å². The van der Waals surface area contributed by atoms with Crippen molar-refractivity contribution in [2.24, 2.45) is 5.73 Å². The van der Waals surface area contributed by atoms with Gasteiger partial charge in [0.2, 0.25) is 0 Å². The first-order valence-corrected chi connectivity index (χ1v) is 8.82. The summed E-state index contributed by atoms with van der Waals surface area (Å²) >= 11 is 3.40. The molecule has 0 radical (unpaired) electrons. The summed E-state index contributed by atoms with van der Waals surface area (Å²) in [4.78, 5) is 2.50. The first kappa shape index (κ1) is 17.4. The van der Waals surface area contributed by atoms with Crippen molar-refractivity contribution in [1.82, 2.24) is 0 Å². The van der Waals surface area contributed by atoms with Gasteiger partial charge >= 0.3 is 6.18 Å². The second kappa shape index (κ2) is 7.53. The summed E-state index contributed by atoms with van der Waals surface area (Å²) in [5, 5.41) is 2.13. The van der Waals surface area contributed by atoms with Crippen LogP contribution in [0.1, 0.15) is 34.6 Å². The van der Waals surface area contributed by atoms with Crippen LogP contribution in [0.2, 0.25) is 0 Å². The Morgan fingerprint density at radius 1 is 1.18 bits per heavy atom. The van der Waals surface area contributed by atoms with Crippen LogP contribution in [0.3, 0.4) is 0 Å². The van der Waals surface area contributed by atoms with E-state index in [4.69, 9.17) is 5.73 Å². The normalized spacial score (nSPS) is 13.3. The largest absolute Gasteiger partial charge is 0.416 e. The van der Waals surface area contributed by atoms with Gasteiger partial charge in [-0.1, -0.05) is 19.1 Å². The third-order valence-corrected chi connectivity index (χ3v) is 5.96. The molecule has 0 amide bonds. The predicted molar refractivity (Wildman–Crippen MR) is 87.4 cm³/mol. The monoisotopic (exact) mass is 345 g/mol. The van der Waals surface area contributed by atoms with Crippen LogP contribution in [0.4, 0.5) is 13.2 Å². The van der Waals surface area contributed by atoms with Crippen molar-refractivity contribution >= 4 is 23.1 Å². The van der Waals surface area contributed by atoms with Crippen LogP contribution in [0.15, 0.2) is 40.6 Å². The molecule has 0 aliphatic carbocycles. The molecule has 0 saturated carbocycles. The maximum absolute atomic E-state index is 12.6. The summed E-state index contributed by atoms with van der Waals surface area (Å²) in [6, 6.07) is 7.49. The maximum atomic E-state index is 12.6. The highest BCUT2D eigenvalue weighted by Crippen LogP contribution is 2.41. The van der Waals surface area contributed by atoms with Crippen molar-refractivity contribution in [2.75, 3.05) is 6.54 Å². The Balaban J connectivity index is 2.20. The fourth-order valence-electron chi connectivity index (χ4n) is 2.18. The van der Waals surface area contributed by atoms with Gasteiger partial charge < -0.3 is 5.73 Å². The third kappa shape index (κ3) is 4.27. The number of hydrogen-bond acceptors (Lipinski definition) is 3. The van der Waals surface area contributed by atoms with Gasteiger partial charge in [-0.05, 0) is 48.5 Å². The molecule has 1 nitrogen and oxygen atoms in total. The summed E-state index contributed by atoms with van der Waals surface area (Å²) in [5.74, 6) is 0. The predicted octanol–water partition coefficient (Wildman–Crippen LogP) is 5.51.